The lowest BCUT2D eigenvalue weighted by Gasteiger charge is -2.22. The first kappa shape index (κ1) is 13.1. The Morgan fingerprint density at radius 1 is 1.20 bits per heavy atom. The number of hydrogen-bond acceptors (Lipinski definition) is 3. The maximum atomic E-state index is 12.5. The Kier molecular flexibility index (Phi) is 3.42. The number of likely N-dealkylation sites (tertiary alicyclic amines) is 1. The van der Waals surface area contributed by atoms with Crippen LogP contribution in [0.1, 0.15) is 46.5 Å². The molecule has 1 aromatic heterocycles. The lowest BCUT2D eigenvalue weighted by atomic mass is 9.82. The van der Waals surface area contributed by atoms with E-state index in [-0.39, 0.29) is 11.6 Å². The van der Waals surface area contributed by atoms with Crippen LogP contribution in [0.5, 0.6) is 0 Å². The summed E-state index contributed by atoms with van der Waals surface area (Å²) in [6.45, 7) is 1.63. The number of carbonyl (C=O) groups is 2. The summed E-state index contributed by atoms with van der Waals surface area (Å²) >= 11 is 0. The van der Waals surface area contributed by atoms with Crippen LogP contribution < -0.4 is 0 Å². The van der Waals surface area contributed by atoms with Crippen molar-refractivity contribution in [2.45, 2.75) is 25.7 Å². The third-order valence-electron chi connectivity index (χ3n) is 4.49. The van der Waals surface area contributed by atoms with E-state index in [4.69, 9.17) is 5.11 Å². The Hall–Kier alpha value is -1.91. The molecule has 1 N–H and O–H groups in total. The third kappa shape index (κ3) is 2.40. The van der Waals surface area contributed by atoms with Crippen LogP contribution in [0.15, 0.2) is 18.3 Å². The zero-order valence-electron chi connectivity index (χ0n) is 11.3. The van der Waals surface area contributed by atoms with E-state index in [1.54, 1.807) is 6.07 Å². The molecule has 1 amide bonds. The predicted octanol–water partition coefficient (Wildman–Crippen LogP) is 2.04. The molecular formula is C15H18N2O3. The molecule has 0 bridgehead atoms. The Bertz CT molecular complexity index is 530. The molecule has 2 aliphatic rings. The van der Waals surface area contributed by atoms with Crippen molar-refractivity contribution in [2.24, 2.45) is 11.8 Å². The number of fused-ring (bicyclic) bond motifs is 1. The molecular weight excluding hydrogens is 256 g/mol. The van der Waals surface area contributed by atoms with Crippen LogP contribution in [0, 0.1) is 11.8 Å². The summed E-state index contributed by atoms with van der Waals surface area (Å²) in [4.78, 5) is 29.0. The minimum atomic E-state index is -1.10. The SMILES string of the molecule is O=C(O)c1cc(C(=O)N2CC3CCCCC3C2)ccn1. The second-order valence-corrected chi connectivity index (χ2v) is 5.75. The van der Waals surface area contributed by atoms with Crippen molar-refractivity contribution in [2.75, 3.05) is 13.1 Å². The number of amides is 1. The Morgan fingerprint density at radius 3 is 2.45 bits per heavy atom. The summed E-state index contributed by atoms with van der Waals surface area (Å²) < 4.78 is 0. The molecule has 0 radical (unpaired) electrons. The number of carboxylic acids is 1. The molecule has 106 valence electrons. The molecule has 20 heavy (non-hydrogen) atoms. The third-order valence-corrected chi connectivity index (χ3v) is 4.49. The normalized spacial score (nSPS) is 25.3. The highest BCUT2D eigenvalue weighted by molar-refractivity contribution is 5.96. The average molecular weight is 274 g/mol. The van der Waals surface area contributed by atoms with Crippen LogP contribution in [-0.2, 0) is 0 Å². The quantitative estimate of drug-likeness (QED) is 0.896. The van der Waals surface area contributed by atoms with Gasteiger partial charge in [0.05, 0.1) is 0 Å². The van der Waals surface area contributed by atoms with E-state index < -0.39 is 5.97 Å². The lowest BCUT2D eigenvalue weighted by Crippen LogP contribution is -2.29. The van der Waals surface area contributed by atoms with E-state index in [1.807, 2.05) is 4.90 Å². The minimum Gasteiger partial charge on any atom is -0.477 e. The van der Waals surface area contributed by atoms with Crippen LogP contribution in [-0.4, -0.2) is 40.0 Å². The van der Waals surface area contributed by atoms with Gasteiger partial charge >= 0.3 is 5.97 Å². The first-order valence-corrected chi connectivity index (χ1v) is 7.14. The maximum absolute atomic E-state index is 12.5. The minimum absolute atomic E-state index is 0.0655. The molecule has 0 spiro atoms. The molecule has 3 rings (SSSR count). The average Bonchev–Trinajstić information content (AvgIpc) is 2.90. The second kappa shape index (κ2) is 5.23. The van der Waals surface area contributed by atoms with Gasteiger partial charge in [0.15, 0.2) is 0 Å². The van der Waals surface area contributed by atoms with E-state index in [1.165, 1.54) is 37.9 Å². The molecule has 0 aromatic carbocycles. The van der Waals surface area contributed by atoms with Crippen molar-refractivity contribution in [1.82, 2.24) is 9.88 Å². The first-order chi connectivity index (χ1) is 9.65. The van der Waals surface area contributed by atoms with Gasteiger partial charge in [-0.15, -0.1) is 0 Å². The largest absolute Gasteiger partial charge is 0.477 e. The van der Waals surface area contributed by atoms with Gasteiger partial charge in [-0.3, -0.25) is 4.79 Å². The molecule has 2 atom stereocenters. The molecule has 2 unspecified atom stereocenters. The molecule has 5 heteroatoms. The number of nitrogens with zero attached hydrogens (tertiary/aromatic N) is 2. The molecule has 5 nitrogen and oxygen atoms in total. The van der Waals surface area contributed by atoms with Crippen LogP contribution in [0.4, 0.5) is 0 Å². The van der Waals surface area contributed by atoms with Crippen molar-refractivity contribution < 1.29 is 14.7 Å². The number of aromatic nitrogens is 1. The summed E-state index contributed by atoms with van der Waals surface area (Å²) in [7, 11) is 0. The summed E-state index contributed by atoms with van der Waals surface area (Å²) in [5, 5.41) is 8.94. The molecule has 2 fully saturated rings. The van der Waals surface area contributed by atoms with Gasteiger partial charge in [0.25, 0.3) is 5.91 Å². The first-order valence-electron chi connectivity index (χ1n) is 7.14. The highest BCUT2D eigenvalue weighted by Crippen LogP contribution is 2.36. The van der Waals surface area contributed by atoms with Gasteiger partial charge in [0.2, 0.25) is 0 Å². The number of rotatable bonds is 2. The molecule has 1 aromatic rings. The smallest absolute Gasteiger partial charge is 0.354 e. The summed E-state index contributed by atoms with van der Waals surface area (Å²) in [6.07, 6.45) is 6.35. The summed E-state index contributed by atoms with van der Waals surface area (Å²) in [5.74, 6) is 0.0982. The highest BCUT2D eigenvalue weighted by Gasteiger charge is 2.36. The van der Waals surface area contributed by atoms with Gasteiger partial charge in [-0.05, 0) is 36.8 Å². The van der Waals surface area contributed by atoms with E-state index in [0.717, 1.165) is 13.1 Å². The Labute approximate surface area is 117 Å². The number of carboxylic acid groups (broad SMARTS) is 1. The van der Waals surface area contributed by atoms with Gasteiger partial charge in [-0.1, -0.05) is 12.8 Å². The number of carbonyl (C=O) groups excluding carboxylic acids is 1. The fourth-order valence-electron chi connectivity index (χ4n) is 3.43. The van der Waals surface area contributed by atoms with Crippen molar-refractivity contribution in [3.63, 3.8) is 0 Å². The highest BCUT2D eigenvalue weighted by atomic mass is 16.4. The van der Waals surface area contributed by atoms with Crippen molar-refractivity contribution in [3.05, 3.63) is 29.6 Å². The van der Waals surface area contributed by atoms with Crippen molar-refractivity contribution in [1.29, 1.82) is 0 Å². The van der Waals surface area contributed by atoms with Gasteiger partial charge < -0.3 is 10.0 Å². The fraction of sp³-hybridized carbons (Fsp3) is 0.533. The standard InChI is InChI=1S/C15H18N2O3/c18-14(10-5-6-16-13(7-10)15(19)20)17-8-11-3-1-2-4-12(11)9-17/h5-7,11-12H,1-4,8-9H2,(H,19,20). The van der Waals surface area contributed by atoms with E-state index in [2.05, 4.69) is 4.98 Å². The molecule has 1 aliphatic heterocycles. The van der Waals surface area contributed by atoms with Crippen LogP contribution in [0.25, 0.3) is 0 Å². The zero-order chi connectivity index (χ0) is 14.1. The van der Waals surface area contributed by atoms with Gasteiger partial charge in [0, 0.05) is 24.8 Å². The zero-order valence-corrected chi connectivity index (χ0v) is 11.3. The number of aromatic carboxylic acids is 1. The Balaban J connectivity index is 1.76. The maximum Gasteiger partial charge on any atom is 0.354 e. The lowest BCUT2D eigenvalue weighted by molar-refractivity contribution is 0.0690. The van der Waals surface area contributed by atoms with Crippen molar-refractivity contribution >= 4 is 11.9 Å². The van der Waals surface area contributed by atoms with Crippen molar-refractivity contribution in [3.8, 4) is 0 Å². The van der Waals surface area contributed by atoms with E-state index >= 15 is 0 Å². The van der Waals surface area contributed by atoms with Gasteiger partial charge in [-0.25, -0.2) is 9.78 Å². The van der Waals surface area contributed by atoms with Gasteiger partial charge in [-0.2, -0.15) is 0 Å². The topological polar surface area (TPSA) is 70.5 Å². The molecule has 1 saturated carbocycles. The monoisotopic (exact) mass is 274 g/mol. The van der Waals surface area contributed by atoms with Crippen LogP contribution in [0.3, 0.4) is 0 Å². The van der Waals surface area contributed by atoms with E-state index in [9.17, 15) is 9.59 Å². The number of pyridine rings is 1. The van der Waals surface area contributed by atoms with E-state index in [0.29, 0.717) is 17.4 Å². The summed E-state index contributed by atoms with van der Waals surface area (Å²) in [5.41, 5.74) is 0.350. The fourth-order valence-corrected chi connectivity index (χ4v) is 3.43. The van der Waals surface area contributed by atoms with Crippen LogP contribution >= 0.6 is 0 Å². The van der Waals surface area contributed by atoms with Crippen LogP contribution in [0.2, 0.25) is 0 Å². The molecule has 1 saturated heterocycles. The summed E-state index contributed by atoms with van der Waals surface area (Å²) in [6, 6.07) is 2.96. The van der Waals surface area contributed by atoms with Gasteiger partial charge in [0.1, 0.15) is 5.69 Å². The molecule has 1 aliphatic carbocycles. The molecule has 2 heterocycles. The second-order valence-electron chi connectivity index (χ2n) is 5.75. The number of hydrogen-bond donors (Lipinski definition) is 1. The Morgan fingerprint density at radius 2 is 1.85 bits per heavy atom. The predicted molar refractivity (Wildman–Crippen MR) is 72.5 cm³/mol.